The van der Waals surface area contributed by atoms with Crippen molar-refractivity contribution in [3.05, 3.63) is 28.2 Å². The first-order valence-corrected chi connectivity index (χ1v) is 7.62. The molecule has 0 amide bonds. The molecule has 4 heteroatoms. The number of nitrogens with zero attached hydrogens (tertiary/aromatic N) is 2. The molecular weight excluding hydrogens is 304 g/mol. The third kappa shape index (κ3) is 5.13. The van der Waals surface area contributed by atoms with Gasteiger partial charge in [0, 0.05) is 28.8 Å². The van der Waals surface area contributed by atoms with E-state index in [0.717, 1.165) is 41.8 Å². The van der Waals surface area contributed by atoms with Gasteiger partial charge in [-0.3, -0.25) is 0 Å². The van der Waals surface area contributed by atoms with Crippen LogP contribution >= 0.6 is 15.9 Å². The van der Waals surface area contributed by atoms with Crippen LogP contribution < -0.4 is 4.90 Å². The summed E-state index contributed by atoms with van der Waals surface area (Å²) in [6.07, 6.45) is 0.679. The minimum Gasteiger partial charge on any atom is -0.389 e. The second kappa shape index (κ2) is 7.88. The van der Waals surface area contributed by atoms with Gasteiger partial charge in [-0.05, 0) is 53.0 Å². The number of aliphatic hydroxyl groups excluding tert-OH is 1. The molecule has 0 fully saturated rings. The Labute approximate surface area is 125 Å². The number of anilines is 1. The average molecular weight is 329 g/mol. The molecule has 0 spiro atoms. The topological polar surface area (TPSA) is 26.7 Å². The van der Waals surface area contributed by atoms with E-state index >= 15 is 0 Å². The summed E-state index contributed by atoms with van der Waals surface area (Å²) in [4.78, 5) is 4.53. The first kappa shape index (κ1) is 16.5. The molecule has 1 rings (SSSR count). The summed E-state index contributed by atoms with van der Waals surface area (Å²) >= 11 is 3.52. The van der Waals surface area contributed by atoms with Crippen molar-refractivity contribution in [1.82, 2.24) is 4.90 Å². The first-order chi connectivity index (χ1) is 8.95. The van der Waals surface area contributed by atoms with Crippen molar-refractivity contribution in [3.8, 4) is 0 Å². The van der Waals surface area contributed by atoms with Gasteiger partial charge in [0.15, 0.2) is 0 Å². The molecule has 0 aliphatic rings. The Morgan fingerprint density at radius 2 is 1.95 bits per heavy atom. The lowest BCUT2D eigenvalue weighted by Crippen LogP contribution is -2.28. The molecular formula is C15H25BrN2O. The molecule has 1 N–H and O–H groups in total. The van der Waals surface area contributed by atoms with Gasteiger partial charge in [-0.25, -0.2) is 0 Å². The quantitative estimate of drug-likeness (QED) is 0.832. The van der Waals surface area contributed by atoms with Crippen molar-refractivity contribution >= 4 is 21.6 Å². The zero-order chi connectivity index (χ0) is 14.4. The number of hydrogen-bond donors (Lipinski definition) is 1. The van der Waals surface area contributed by atoms with E-state index in [1.807, 2.05) is 19.1 Å². The van der Waals surface area contributed by atoms with Crippen molar-refractivity contribution in [2.45, 2.75) is 26.4 Å². The van der Waals surface area contributed by atoms with E-state index in [0.29, 0.717) is 0 Å². The third-order valence-electron chi connectivity index (χ3n) is 3.20. The molecule has 0 aromatic heterocycles. The monoisotopic (exact) mass is 328 g/mol. The average Bonchev–Trinajstić information content (AvgIpc) is 2.33. The SMILES string of the molecule is CCN(CCCN(C)C)c1cc(Br)ccc1C(C)O. The normalized spacial score (nSPS) is 12.8. The molecule has 0 saturated carbocycles. The smallest absolute Gasteiger partial charge is 0.0782 e. The van der Waals surface area contributed by atoms with Gasteiger partial charge in [0.1, 0.15) is 0 Å². The van der Waals surface area contributed by atoms with Gasteiger partial charge in [0.25, 0.3) is 0 Å². The minimum absolute atomic E-state index is 0.439. The maximum Gasteiger partial charge on any atom is 0.0782 e. The van der Waals surface area contributed by atoms with E-state index in [1.165, 1.54) is 0 Å². The molecule has 0 aliphatic heterocycles. The van der Waals surface area contributed by atoms with Crippen LogP contribution in [0.3, 0.4) is 0 Å². The molecule has 1 atom stereocenters. The van der Waals surface area contributed by atoms with Crippen molar-refractivity contribution in [2.75, 3.05) is 38.6 Å². The fraction of sp³-hybridized carbons (Fsp3) is 0.600. The van der Waals surface area contributed by atoms with Gasteiger partial charge in [-0.2, -0.15) is 0 Å². The van der Waals surface area contributed by atoms with E-state index in [1.54, 1.807) is 0 Å². The number of aliphatic hydroxyl groups is 1. The lowest BCUT2D eigenvalue weighted by Gasteiger charge is -2.27. The summed E-state index contributed by atoms with van der Waals surface area (Å²) in [6, 6.07) is 6.08. The summed E-state index contributed by atoms with van der Waals surface area (Å²) in [5.74, 6) is 0. The van der Waals surface area contributed by atoms with Crippen LogP contribution in [0.1, 0.15) is 31.9 Å². The molecule has 0 bridgehead atoms. The summed E-state index contributed by atoms with van der Waals surface area (Å²) in [5.41, 5.74) is 2.13. The highest BCUT2D eigenvalue weighted by molar-refractivity contribution is 9.10. The second-order valence-electron chi connectivity index (χ2n) is 5.12. The Kier molecular flexibility index (Phi) is 6.83. The maximum atomic E-state index is 9.90. The summed E-state index contributed by atoms with van der Waals surface area (Å²) in [5, 5.41) is 9.90. The van der Waals surface area contributed by atoms with Gasteiger partial charge in [-0.1, -0.05) is 22.0 Å². The number of hydrogen-bond acceptors (Lipinski definition) is 3. The van der Waals surface area contributed by atoms with Crippen LogP contribution in [0, 0.1) is 0 Å². The van der Waals surface area contributed by atoms with Crippen LogP contribution in [0.5, 0.6) is 0 Å². The molecule has 19 heavy (non-hydrogen) atoms. The van der Waals surface area contributed by atoms with Crippen molar-refractivity contribution in [1.29, 1.82) is 0 Å². The fourth-order valence-corrected chi connectivity index (χ4v) is 2.52. The van der Waals surface area contributed by atoms with E-state index in [-0.39, 0.29) is 0 Å². The predicted molar refractivity (Wildman–Crippen MR) is 85.8 cm³/mol. The zero-order valence-corrected chi connectivity index (χ0v) is 13.9. The molecule has 1 aromatic carbocycles. The Morgan fingerprint density at radius 1 is 1.26 bits per heavy atom. The van der Waals surface area contributed by atoms with E-state index in [2.05, 4.69) is 52.8 Å². The van der Waals surface area contributed by atoms with Crippen LogP contribution in [0.4, 0.5) is 5.69 Å². The lowest BCUT2D eigenvalue weighted by atomic mass is 10.1. The Balaban J connectivity index is 2.87. The predicted octanol–water partition coefficient (Wildman–Crippen LogP) is 3.28. The van der Waals surface area contributed by atoms with Crippen molar-refractivity contribution in [3.63, 3.8) is 0 Å². The Hall–Kier alpha value is -0.580. The zero-order valence-electron chi connectivity index (χ0n) is 12.4. The minimum atomic E-state index is -0.439. The van der Waals surface area contributed by atoms with Crippen molar-refractivity contribution in [2.24, 2.45) is 0 Å². The van der Waals surface area contributed by atoms with Gasteiger partial charge in [-0.15, -0.1) is 0 Å². The molecule has 0 heterocycles. The number of benzene rings is 1. The van der Waals surface area contributed by atoms with E-state index < -0.39 is 6.10 Å². The molecule has 3 nitrogen and oxygen atoms in total. The number of rotatable bonds is 7. The van der Waals surface area contributed by atoms with Crippen LogP contribution in [0.2, 0.25) is 0 Å². The molecule has 1 unspecified atom stereocenters. The van der Waals surface area contributed by atoms with Crippen LogP contribution in [0.25, 0.3) is 0 Å². The van der Waals surface area contributed by atoms with Crippen LogP contribution in [-0.2, 0) is 0 Å². The highest BCUT2D eigenvalue weighted by Crippen LogP contribution is 2.29. The van der Waals surface area contributed by atoms with Crippen LogP contribution in [-0.4, -0.2) is 43.7 Å². The highest BCUT2D eigenvalue weighted by atomic mass is 79.9. The largest absolute Gasteiger partial charge is 0.389 e. The Morgan fingerprint density at radius 3 is 2.47 bits per heavy atom. The van der Waals surface area contributed by atoms with Crippen LogP contribution in [0.15, 0.2) is 22.7 Å². The van der Waals surface area contributed by atoms with Gasteiger partial charge < -0.3 is 14.9 Å². The van der Waals surface area contributed by atoms with Crippen molar-refractivity contribution < 1.29 is 5.11 Å². The van der Waals surface area contributed by atoms with E-state index in [9.17, 15) is 5.11 Å². The summed E-state index contributed by atoms with van der Waals surface area (Å²) in [6.45, 7) is 7.01. The molecule has 0 radical (unpaired) electrons. The van der Waals surface area contributed by atoms with E-state index in [4.69, 9.17) is 0 Å². The maximum absolute atomic E-state index is 9.90. The van der Waals surface area contributed by atoms with Gasteiger partial charge >= 0.3 is 0 Å². The second-order valence-corrected chi connectivity index (χ2v) is 6.03. The highest BCUT2D eigenvalue weighted by Gasteiger charge is 2.13. The third-order valence-corrected chi connectivity index (χ3v) is 3.69. The first-order valence-electron chi connectivity index (χ1n) is 6.83. The fourth-order valence-electron chi connectivity index (χ4n) is 2.17. The standard InChI is InChI=1S/C15H25BrN2O/c1-5-18(10-6-9-17(3)4)15-11-13(16)7-8-14(15)12(2)19/h7-8,11-12,19H,5-6,9-10H2,1-4H3. The lowest BCUT2D eigenvalue weighted by molar-refractivity contribution is 0.199. The van der Waals surface area contributed by atoms with Gasteiger partial charge in [0.05, 0.1) is 6.10 Å². The molecule has 1 aromatic rings. The molecule has 0 aliphatic carbocycles. The van der Waals surface area contributed by atoms with Gasteiger partial charge in [0.2, 0.25) is 0 Å². The molecule has 108 valence electrons. The Bertz CT molecular complexity index is 394. The molecule has 0 saturated heterocycles. The summed E-state index contributed by atoms with van der Waals surface area (Å²) < 4.78 is 1.05. The summed E-state index contributed by atoms with van der Waals surface area (Å²) in [7, 11) is 4.19. The number of halogens is 1.